The standard InChI is InChI=1S/C13H13F3O/c1-3-13(2)8(6-11(13)17)7-4-9(14)12(16)10(15)5-7/h4-5,8H,3,6H2,1-2H3. The Morgan fingerprint density at radius 2 is 1.82 bits per heavy atom. The Hall–Kier alpha value is -1.32. The van der Waals surface area contributed by atoms with Crippen molar-refractivity contribution >= 4 is 5.78 Å². The fraction of sp³-hybridized carbons (Fsp3) is 0.462. The lowest BCUT2D eigenvalue weighted by Crippen LogP contribution is -2.45. The SMILES string of the molecule is CCC1(C)C(=O)CC1c1cc(F)c(F)c(F)c1. The summed E-state index contributed by atoms with van der Waals surface area (Å²) in [4.78, 5) is 11.5. The van der Waals surface area contributed by atoms with Gasteiger partial charge in [0, 0.05) is 17.8 Å². The number of carbonyl (C=O) groups is 1. The summed E-state index contributed by atoms with van der Waals surface area (Å²) >= 11 is 0. The summed E-state index contributed by atoms with van der Waals surface area (Å²) in [5, 5.41) is 0. The third-order valence-corrected chi connectivity index (χ3v) is 3.94. The Morgan fingerprint density at radius 3 is 2.24 bits per heavy atom. The van der Waals surface area contributed by atoms with Crippen molar-refractivity contribution in [2.75, 3.05) is 0 Å². The van der Waals surface area contributed by atoms with Gasteiger partial charge in [0.1, 0.15) is 5.78 Å². The molecule has 1 fully saturated rings. The summed E-state index contributed by atoms with van der Waals surface area (Å²) in [6.07, 6.45) is 0.881. The molecule has 2 unspecified atom stereocenters. The van der Waals surface area contributed by atoms with Gasteiger partial charge in [-0.1, -0.05) is 13.8 Å². The molecule has 2 rings (SSSR count). The highest BCUT2D eigenvalue weighted by Gasteiger charge is 2.50. The molecule has 0 heterocycles. The Labute approximate surface area is 97.6 Å². The minimum atomic E-state index is -1.46. The van der Waals surface area contributed by atoms with Crippen molar-refractivity contribution in [1.82, 2.24) is 0 Å². The van der Waals surface area contributed by atoms with E-state index in [1.54, 1.807) is 6.92 Å². The molecule has 0 bridgehead atoms. The van der Waals surface area contributed by atoms with Gasteiger partial charge < -0.3 is 0 Å². The van der Waals surface area contributed by atoms with Crippen LogP contribution in [0, 0.1) is 22.9 Å². The molecular weight excluding hydrogens is 229 g/mol. The zero-order chi connectivity index (χ0) is 12.8. The quantitative estimate of drug-likeness (QED) is 0.724. The fourth-order valence-corrected chi connectivity index (χ4v) is 2.41. The van der Waals surface area contributed by atoms with Gasteiger partial charge in [-0.15, -0.1) is 0 Å². The second kappa shape index (κ2) is 3.86. The second-order valence-electron chi connectivity index (χ2n) is 4.75. The fourth-order valence-electron chi connectivity index (χ4n) is 2.41. The van der Waals surface area contributed by atoms with Gasteiger partial charge in [-0.2, -0.15) is 0 Å². The van der Waals surface area contributed by atoms with E-state index in [1.165, 1.54) is 0 Å². The minimum Gasteiger partial charge on any atom is -0.299 e. The summed E-state index contributed by atoms with van der Waals surface area (Å²) in [7, 11) is 0. The van der Waals surface area contributed by atoms with Crippen molar-refractivity contribution in [2.24, 2.45) is 5.41 Å². The molecule has 1 saturated carbocycles. The molecule has 2 atom stereocenters. The summed E-state index contributed by atoms with van der Waals surface area (Å²) < 4.78 is 39.1. The summed E-state index contributed by atoms with van der Waals surface area (Å²) in [6.45, 7) is 3.64. The zero-order valence-corrected chi connectivity index (χ0v) is 9.69. The van der Waals surface area contributed by atoms with E-state index in [4.69, 9.17) is 0 Å². The lowest BCUT2D eigenvalue weighted by molar-refractivity contribution is -0.139. The molecule has 92 valence electrons. The molecule has 1 aromatic rings. The van der Waals surface area contributed by atoms with Gasteiger partial charge in [-0.25, -0.2) is 13.2 Å². The highest BCUT2D eigenvalue weighted by Crippen LogP contribution is 2.52. The maximum Gasteiger partial charge on any atom is 0.194 e. The van der Waals surface area contributed by atoms with Crippen LogP contribution in [0.1, 0.15) is 38.2 Å². The van der Waals surface area contributed by atoms with Crippen molar-refractivity contribution in [2.45, 2.75) is 32.6 Å². The van der Waals surface area contributed by atoms with Gasteiger partial charge >= 0.3 is 0 Å². The van der Waals surface area contributed by atoms with Crippen molar-refractivity contribution in [1.29, 1.82) is 0 Å². The summed E-state index contributed by atoms with van der Waals surface area (Å²) in [5.74, 6) is -3.98. The Kier molecular flexibility index (Phi) is 2.76. The number of ketones is 1. The molecule has 17 heavy (non-hydrogen) atoms. The van der Waals surface area contributed by atoms with E-state index in [0.717, 1.165) is 12.1 Å². The van der Waals surface area contributed by atoms with Crippen LogP contribution in [0.5, 0.6) is 0 Å². The topological polar surface area (TPSA) is 17.1 Å². The number of hydrogen-bond acceptors (Lipinski definition) is 1. The lowest BCUT2D eigenvalue weighted by atomic mass is 9.56. The van der Waals surface area contributed by atoms with E-state index < -0.39 is 22.9 Å². The third-order valence-electron chi connectivity index (χ3n) is 3.94. The maximum atomic E-state index is 13.1. The second-order valence-corrected chi connectivity index (χ2v) is 4.75. The first kappa shape index (κ1) is 12.1. The highest BCUT2D eigenvalue weighted by molar-refractivity contribution is 5.93. The van der Waals surface area contributed by atoms with Crippen LogP contribution in [0.25, 0.3) is 0 Å². The number of Topliss-reactive ketones (excluding diaryl/α,β-unsaturated/α-hetero) is 1. The molecule has 0 amide bonds. The first-order valence-corrected chi connectivity index (χ1v) is 5.58. The van der Waals surface area contributed by atoms with E-state index in [-0.39, 0.29) is 18.1 Å². The Morgan fingerprint density at radius 1 is 1.29 bits per heavy atom. The monoisotopic (exact) mass is 242 g/mol. The van der Waals surface area contributed by atoms with Crippen LogP contribution >= 0.6 is 0 Å². The van der Waals surface area contributed by atoms with E-state index >= 15 is 0 Å². The number of benzene rings is 1. The van der Waals surface area contributed by atoms with Gasteiger partial charge in [0.25, 0.3) is 0 Å². The van der Waals surface area contributed by atoms with E-state index in [0.29, 0.717) is 12.0 Å². The molecule has 0 saturated heterocycles. The average Bonchev–Trinajstić information content (AvgIpc) is 2.31. The number of hydrogen-bond donors (Lipinski definition) is 0. The minimum absolute atomic E-state index is 0.0927. The Bertz CT molecular complexity index is 461. The molecule has 1 aromatic carbocycles. The van der Waals surface area contributed by atoms with Crippen LogP contribution < -0.4 is 0 Å². The molecule has 0 aliphatic heterocycles. The first-order chi connectivity index (χ1) is 7.90. The van der Waals surface area contributed by atoms with Crippen LogP contribution in [-0.4, -0.2) is 5.78 Å². The van der Waals surface area contributed by atoms with Gasteiger partial charge in [-0.3, -0.25) is 4.79 Å². The number of carbonyl (C=O) groups excluding carboxylic acids is 1. The largest absolute Gasteiger partial charge is 0.299 e. The molecule has 4 heteroatoms. The normalized spacial score (nSPS) is 28.1. The predicted molar refractivity (Wildman–Crippen MR) is 57.1 cm³/mol. The van der Waals surface area contributed by atoms with Crippen molar-refractivity contribution in [3.63, 3.8) is 0 Å². The first-order valence-electron chi connectivity index (χ1n) is 5.58. The number of halogens is 3. The van der Waals surface area contributed by atoms with E-state index in [2.05, 4.69) is 0 Å². The van der Waals surface area contributed by atoms with E-state index in [1.807, 2.05) is 6.92 Å². The maximum absolute atomic E-state index is 13.1. The van der Waals surface area contributed by atoms with Crippen LogP contribution in [0.3, 0.4) is 0 Å². The van der Waals surface area contributed by atoms with Crippen molar-refractivity contribution in [3.05, 3.63) is 35.1 Å². The molecule has 1 aliphatic rings. The van der Waals surface area contributed by atoms with Crippen LogP contribution in [0.4, 0.5) is 13.2 Å². The van der Waals surface area contributed by atoms with Gasteiger partial charge in [0.05, 0.1) is 0 Å². The summed E-state index contributed by atoms with van der Waals surface area (Å²) in [6, 6.07) is 1.98. The van der Waals surface area contributed by atoms with Gasteiger partial charge in [0.15, 0.2) is 17.5 Å². The van der Waals surface area contributed by atoms with Crippen molar-refractivity contribution in [3.8, 4) is 0 Å². The predicted octanol–water partition coefficient (Wildman–Crippen LogP) is 3.58. The Balaban J connectivity index is 2.40. The molecule has 0 aromatic heterocycles. The molecule has 1 aliphatic carbocycles. The highest BCUT2D eigenvalue weighted by atomic mass is 19.2. The third kappa shape index (κ3) is 1.66. The van der Waals surface area contributed by atoms with Crippen molar-refractivity contribution < 1.29 is 18.0 Å². The number of rotatable bonds is 2. The van der Waals surface area contributed by atoms with Gasteiger partial charge in [-0.05, 0) is 24.1 Å². The molecule has 0 radical (unpaired) electrons. The molecule has 0 N–H and O–H groups in total. The van der Waals surface area contributed by atoms with Crippen LogP contribution in [0.15, 0.2) is 12.1 Å². The average molecular weight is 242 g/mol. The molecular formula is C13H13F3O. The summed E-state index contributed by atoms with van der Waals surface area (Å²) in [5.41, 5.74) is -0.207. The lowest BCUT2D eigenvalue weighted by Gasteiger charge is -2.45. The van der Waals surface area contributed by atoms with Crippen LogP contribution in [-0.2, 0) is 4.79 Å². The van der Waals surface area contributed by atoms with Crippen LogP contribution in [0.2, 0.25) is 0 Å². The van der Waals surface area contributed by atoms with E-state index in [9.17, 15) is 18.0 Å². The zero-order valence-electron chi connectivity index (χ0n) is 9.69. The van der Waals surface area contributed by atoms with Gasteiger partial charge in [0.2, 0.25) is 0 Å². The smallest absolute Gasteiger partial charge is 0.194 e. The molecule has 1 nitrogen and oxygen atoms in total. The molecule has 0 spiro atoms.